The SMILES string of the molecule is CNC(c1oc2ccc(F)cc2c1C)C1CCOCC1. The fourth-order valence-corrected chi connectivity index (χ4v) is 3.14. The van der Waals surface area contributed by atoms with E-state index in [1.165, 1.54) is 6.07 Å². The molecule has 1 unspecified atom stereocenters. The lowest BCUT2D eigenvalue weighted by molar-refractivity contribution is 0.0519. The zero-order chi connectivity index (χ0) is 14.1. The molecule has 0 bridgehead atoms. The number of hydrogen-bond donors (Lipinski definition) is 1. The Balaban J connectivity index is 2.00. The smallest absolute Gasteiger partial charge is 0.134 e. The van der Waals surface area contributed by atoms with Gasteiger partial charge in [-0.1, -0.05) is 0 Å². The molecule has 0 spiro atoms. The summed E-state index contributed by atoms with van der Waals surface area (Å²) in [6.07, 6.45) is 2.05. The van der Waals surface area contributed by atoms with Crippen LogP contribution in [-0.2, 0) is 4.74 Å². The maximum absolute atomic E-state index is 13.4. The van der Waals surface area contributed by atoms with E-state index >= 15 is 0 Å². The molecule has 2 heterocycles. The monoisotopic (exact) mass is 277 g/mol. The minimum Gasteiger partial charge on any atom is -0.459 e. The van der Waals surface area contributed by atoms with Gasteiger partial charge >= 0.3 is 0 Å². The maximum atomic E-state index is 13.4. The molecule has 2 aromatic rings. The Hall–Kier alpha value is -1.39. The summed E-state index contributed by atoms with van der Waals surface area (Å²) in [7, 11) is 1.95. The Bertz CT molecular complexity index is 602. The number of fused-ring (bicyclic) bond motifs is 1. The third kappa shape index (κ3) is 2.34. The van der Waals surface area contributed by atoms with Crippen molar-refractivity contribution in [2.45, 2.75) is 25.8 Å². The van der Waals surface area contributed by atoms with Crippen molar-refractivity contribution >= 4 is 11.0 Å². The second-order valence-corrected chi connectivity index (χ2v) is 5.45. The molecule has 1 aromatic heterocycles. The Labute approximate surface area is 118 Å². The molecule has 0 aliphatic carbocycles. The molecule has 108 valence electrons. The number of hydrogen-bond acceptors (Lipinski definition) is 3. The zero-order valence-corrected chi connectivity index (χ0v) is 11.9. The molecule has 1 N–H and O–H groups in total. The third-order valence-electron chi connectivity index (χ3n) is 4.27. The van der Waals surface area contributed by atoms with E-state index in [9.17, 15) is 4.39 Å². The second kappa shape index (κ2) is 5.54. The summed E-state index contributed by atoms with van der Waals surface area (Å²) in [6.45, 7) is 3.61. The Kier molecular flexibility index (Phi) is 3.76. The minimum atomic E-state index is -0.222. The minimum absolute atomic E-state index is 0.161. The molecule has 0 amide bonds. The highest BCUT2D eigenvalue weighted by molar-refractivity contribution is 5.82. The van der Waals surface area contributed by atoms with E-state index in [0.29, 0.717) is 5.92 Å². The van der Waals surface area contributed by atoms with Crippen molar-refractivity contribution in [3.05, 3.63) is 35.3 Å². The van der Waals surface area contributed by atoms with Crippen LogP contribution < -0.4 is 5.32 Å². The molecule has 1 aliphatic rings. The first-order valence-corrected chi connectivity index (χ1v) is 7.14. The second-order valence-electron chi connectivity index (χ2n) is 5.45. The van der Waals surface area contributed by atoms with Gasteiger partial charge in [-0.15, -0.1) is 0 Å². The lowest BCUT2D eigenvalue weighted by atomic mass is 9.89. The van der Waals surface area contributed by atoms with Gasteiger partial charge in [0, 0.05) is 24.2 Å². The number of rotatable bonds is 3. The topological polar surface area (TPSA) is 34.4 Å². The number of benzene rings is 1. The van der Waals surface area contributed by atoms with E-state index in [4.69, 9.17) is 9.15 Å². The van der Waals surface area contributed by atoms with E-state index in [-0.39, 0.29) is 11.9 Å². The van der Waals surface area contributed by atoms with Crippen LogP contribution in [0.15, 0.2) is 22.6 Å². The lowest BCUT2D eigenvalue weighted by Crippen LogP contribution is -2.30. The van der Waals surface area contributed by atoms with Gasteiger partial charge in [0.2, 0.25) is 0 Å². The van der Waals surface area contributed by atoms with Crippen molar-refractivity contribution < 1.29 is 13.5 Å². The number of nitrogens with one attached hydrogen (secondary N) is 1. The van der Waals surface area contributed by atoms with E-state index in [1.807, 2.05) is 14.0 Å². The highest BCUT2D eigenvalue weighted by Gasteiger charge is 2.28. The lowest BCUT2D eigenvalue weighted by Gasteiger charge is -2.29. The van der Waals surface area contributed by atoms with Crippen molar-refractivity contribution in [2.24, 2.45) is 5.92 Å². The molecule has 1 aromatic carbocycles. The number of aryl methyl sites for hydroxylation is 1. The van der Waals surface area contributed by atoms with E-state index in [2.05, 4.69) is 5.32 Å². The quantitative estimate of drug-likeness (QED) is 0.931. The van der Waals surface area contributed by atoms with Gasteiger partial charge in [0.05, 0.1) is 6.04 Å². The van der Waals surface area contributed by atoms with Gasteiger partial charge < -0.3 is 14.5 Å². The van der Waals surface area contributed by atoms with Gasteiger partial charge in [-0.2, -0.15) is 0 Å². The Morgan fingerprint density at radius 2 is 2.05 bits per heavy atom. The van der Waals surface area contributed by atoms with Crippen molar-refractivity contribution in [3.63, 3.8) is 0 Å². The molecule has 20 heavy (non-hydrogen) atoms. The van der Waals surface area contributed by atoms with Crippen molar-refractivity contribution in [1.29, 1.82) is 0 Å². The van der Waals surface area contributed by atoms with Crippen LogP contribution in [-0.4, -0.2) is 20.3 Å². The summed E-state index contributed by atoms with van der Waals surface area (Å²) in [4.78, 5) is 0. The molecule has 3 rings (SSSR count). The summed E-state index contributed by atoms with van der Waals surface area (Å²) in [6, 6.07) is 4.86. The fraction of sp³-hybridized carbons (Fsp3) is 0.500. The van der Waals surface area contributed by atoms with E-state index in [0.717, 1.165) is 48.3 Å². The average Bonchev–Trinajstić information content (AvgIpc) is 2.78. The summed E-state index contributed by atoms with van der Waals surface area (Å²) >= 11 is 0. The predicted octanol–water partition coefficient (Wildman–Crippen LogP) is 3.57. The number of furan rings is 1. The van der Waals surface area contributed by atoms with E-state index in [1.54, 1.807) is 12.1 Å². The van der Waals surface area contributed by atoms with Crippen molar-refractivity contribution in [1.82, 2.24) is 5.32 Å². The van der Waals surface area contributed by atoms with Gasteiger partial charge in [-0.05, 0) is 50.9 Å². The molecule has 0 radical (unpaired) electrons. The number of ether oxygens (including phenoxy) is 1. The Morgan fingerprint density at radius 1 is 1.30 bits per heavy atom. The van der Waals surface area contributed by atoms with Crippen LogP contribution in [0.2, 0.25) is 0 Å². The zero-order valence-electron chi connectivity index (χ0n) is 11.9. The molecular formula is C16H20FNO2. The Morgan fingerprint density at radius 3 is 2.75 bits per heavy atom. The first kappa shape index (κ1) is 13.6. The predicted molar refractivity (Wildman–Crippen MR) is 76.3 cm³/mol. The summed E-state index contributed by atoms with van der Waals surface area (Å²) < 4.78 is 24.8. The third-order valence-corrected chi connectivity index (χ3v) is 4.27. The molecule has 1 fully saturated rings. The van der Waals surface area contributed by atoms with Crippen LogP contribution >= 0.6 is 0 Å². The summed E-state index contributed by atoms with van der Waals surface area (Å²) in [5.74, 6) is 1.21. The van der Waals surface area contributed by atoms with E-state index < -0.39 is 0 Å². The van der Waals surface area contributed by atoms with Crippen molar-refractivity contribution in [3.8, 4) is 0 Å². The van der Waals surface area contributed by atoms with Crippen LogP contribution in [0.5, 0.6) is 0 Å². The first-order valence-electron chi connectivity index (χ1n) is 7.14. The molecule has 4 heteroatoms. The molecule has 1 aliphatic heterocycles. The number of halogens is 1. The first-order chi connectivity index (χ1) is 9.70. The molecule has 1 saturated heterocycles. The van der Waals surface area contributed by atoms with Gasteiger partial charge in [0.25, 0.3) is 0 Å². The van der Waals surface area contributed by atoms with Crippen LogP contribution in [0.1, 0.15) is 30.2 Å². The fourth-order valence-electron chi connectivity index (χ4n) is 3.14. The molecule has 3 nitrogen and oxygen atoms in total. The van der Waals surface area contributed by atoms with Crippen LogP contribution in [0.25, 0.3) is 11.0 Å². The van der Waals surface area contributed by atoms with Gasteiger partial charge in [-0.3, -0.25) is 0 Å². The average molecular weight is 277 g/mol. The van der Waals surface area contributed by atoms with Gasteiger partial charge in [0.1, 0.15) is 17.2 Å². The summed E-state index contributed by atoms with van der Waals surface area (Å²) in [5, 5.41) is 4.23. The normalized spacial score (nSPS) is 18.6. The highest BCUT2D eigenvalue weighted by Crippen LogP contribution is 2.36. The molecular weight excluding hydrogens is 257 g/mol. The van der Waals surface area contributed by atoms with Crippen LogP contribution in [0.3, 0.4) is 0 Å². The molecule has 1 atom stereocenters. The van der Waals surface area contributed by atoms with Gasteiger partial charge in [0.15, 0.2) is 0 Å². The molecule has 0 saturated carbocycles. The van der Waals surface area contributed by atoms with Gasteiger partial charge in [-0.25, -0.2) is 4.39 Å². The van der Waals surface area contributed by atoms with Crippen LogP contribution in [0, 0.1) is 18.7 Å². The maximum Gasteiger partial charge on any atom is 0.134 e. The largest absolute Gasteiger partial charge is 0.459 e. The summed E-state index contributed by atoms with van der Waals surface area (Å²) in [5.41, 5.74) is 1.79. The van der Waals surface area contributed by atoms with Crippen LogP contribution in [0.4, 0.5) is 4.39 Å². The standard InChI is InChI=1S/C16H20FNO2/c1-10-13-9-12(17)3-4-14(13)20-16(10)15(18-2)11-5-7-19-8-6-11/h3-4,9,11,15,18H,5-8H2,1-2H3. The van der Waals surface area contributed by atoms with Crippen molar-refractivity contribution in [2.75, 3.05) is 20.3 Å². The highest BCUT2D eigenvalue weighted by atomic mass is 19.1.